The molecule has 0 unspecified atom stereocenters. The van der Waals surface area contributed by atoms with Gasteiger partial charge < -0.3 is 15.1 Å². The van der Waals surface area contributed by atoms with Crippen LogP contribution in [-0.4, -0.2) is 110 Å². The molecule has 0 saturated carbocycles. The van der Waals surface area contributed by atoms with Gasteiger partial charge in [0.2, 0.25) is 0 Å². The molecule has 10 heteroatoms. The van der Waals surface area contributed by atoms with Crippen LogP contribution in [0.5, 0.6) is 0 Å². The van der Waals surface area contributed by atoms with E-state index in [1.807, 2.05) is 48.5 Å². The molecule has 4 heterocycles. The van der Waals surface area contributed by atoms with Gasteiger partial charge in [0, 0.05) is 114 Å². The lowest BCUT2D eigenvalue weighted by Crippen LogP contribution is -2.46. The normalized spacial score (nSPS) is 17.6. The third kappa shape index (κ3) is 6.64. The lowest BCUT2D eigenvalue weighted by Gasteiger charge is -2.34. The molecule has 54 heavy (non-hydrogen) atoms. The largest absolute Gasteiger partial charge is 0.371 e. The number of piperidine rings is 2. The Hall–Kier alpha value is -4.80. The van der Waals surface area contributed by atoms with E-state index in [1.165, 1.54) is 22.6 Å². The van der Waals surface area contributed by atoms with E-state index in [0.717, 1.165) is 97.7 Å². The van der Waals surface area contributed by atoms with Crippen LogP contribution in [0.4, 0.5) is 11.4 Å². The molecule has 0 spiro atoms. The number of imide groups is 2. The summed E-state index contributed by atoms with van der Waals surface area (Å²) < 4.78 is 0. The van der Waals surface area contributed by atoms with Crippen molar-refractivity contribution in [2.75, 3.05) is 75.2 Å². The number of nitrogens with one attached hydrogen (secondary N) is 1. The minimum atomic E-state index is -0.232. The molecule has 0 aromatic heterocycles. The number of hydrogen-bond acceptors (Lipinski definition) is 8. The minimum Gasteiger partial charge on any atom is -0.371 e. The maximum atomic E-state index is 13.8. The molecule has 282 valence electrons. The van der Waals surface area contributed by atoms with E-state index in [2.05, 4.69) is 46.0 Å². The summed E-state index contributed by atoms with van der Waals surface area (Å²) in [6, 6.07) is 19.8. The first-order valence-corrected chi connectivity index (χ1v) is 20.1. The third-order valence-corrected chi connectivity index (χ3v) is 12.0. The SMILES string of the molecule is CC(C)N(CCCNCCN1C(=O)c2cccc3c(N4CCCCC4)ccc(c23)C1=O)CCN1C(=O)c2cccc3c(N4CCCCC4)ccc(c23)C1=O. The van der Waals surface area contributed by atoms with Crippen LogP contribution in [0, 0.1) is 0 Å². The minimum absolute atomic E-state index is 0.220. The Kier molecular flexibility index (Phi) is 10.4. The van der Waals surface area contributed by atoms with Gasteiger partial charge in [0.1, 0.15) is 0 Å². The predicted molar refractivity (Wildman–Crippen MR) is 215 cm³/mol. The molecule has 4 aromatic rings. The Morgan fingerprint density at radius 1 is 0.556 bits per heavy atom. The van der Waals surface area contributed by atoms with Crippen LogP contribution in [0.25, 0.3) is 21.5 Å². The zero-order valence-corrected chi connectivity index (χ0v) is 31.7. The van der Waals surface area contributed by atoms with Crippen molar-refractivity contribution >= 4 is 56.5 Å². The fraction of sp³-hybridized carbons (Fsp3) is 0.455. The smallest absolute Gasteiger partial charge is 0.261 e. The number of rotatable bonds is 13. The van der Waals surface area contributed by atoms with Crippen LogP contribution >= 0.6 is 0 Å². The van der Waals surface area contributed by atoms with Crippen molar-refractivity contribution in [3.8, 4) is 0 Å². The second-order valence-corrected chi connectivity index (χ2v) is 15.6. The number of nitrogens with zero attached hydrogens (tertiary/aromatic N) is 5. The van der Waals surface area contributed by atoms with Crippen molar-refractivity contribution in [2.45, 2.75) is 64.8 Å². The first-order chi connectivity index (χ1) is 26.3. The summed E-state index contributed by atoms with van der Waals surface area (Å²) in [6.07, 6.45) is 7.95. The van der Waals surface area contributed by atoms with Crippen LogP contribution in [-0.2, 0) is 0 Å². The molecule has 2 saturated heterocycles. The average molecular weight is 729 g/mol. The number of anilines is 2. The predicted octanol–water partition coefficient (Wildman–Crippen LogP) is 6.56. The Bertz CT molecular complexity index is 2060. The molecule has 0 radical (unpaired) electrons. The highest BCUT2D eigenvalue weighted by molar-refractivity contribution is 6.28. The second kappa shape index (κ2) is 15.5. The van der Waals surface area contributed by atoms with Crippen LogP contribution in [0.1, 0.15) is 100 Å². The maximum absolute atomic E-state index is 13.8. The van der Waals surface area contributed by atoms with Gasteiger partial charge in [-0.3, -0.25) is 33.9 Å². The molecule has 1 N–H and O–H groups in total. The van der Waals surface area contributed by atoms with Crippen molar-refractivity contribution in [3.63, 3.8) is 0 Å². The van der Waals surface area contributed by atoms with Gasteiger partial charge in [0.05, 0.1) is 0 Å². The maximum Gasteiger partial charge on any atom is 0.261 e. The van der Waals surface area contributed by atoms with Crippen LogP contribution in [0.2, 0.25) is 0 Å². The summed E-state index contributed by atoms with van der Waals surface area (Å²) in [6.45, 7) is 11.4. The monoisotopic (exact) mass is 728 g/mol. The van der Waals surface area contributed by atoms with E-state index in [4.69, 9.17) is 0 Å². The average Bonchev–Trinajstić information content (AvgIpc) is 3.20. The molecule has 0 aliphatic carbocycles. The summed E-state index contributed by atoms with van der Waals surface area (Å²) in [5.41, 5.74) is 4.63. The zero-order chi connectivity index (χ0) is 37.3. The van der Waals surface area contributed by atoms with Gasteiger partial charge in [-0.1, -0.05) is 24.3 Å². The van der Waals surface area contributed by atoms with E-state index in [0.29, 0.717) is 55.0 Å². The Morgan fingerprint density at radius 2 is 1.02 bits per heavy atom. The van der Waals surface area contributed by atoms with Crippen molar-refractivity contribution in [3.05, 3.63) is 82.9 Å². The van der Waals surface area contributed by atoms with Crippen molar-refractivity contribution < 1.29 is 19.2 Å². The molecule has 8 rings (SSSR count). The molecule has 4 aromatic carbocycles. The quantitative estimate of drug-likeness (QED) is 0.122. The molecule has 4 amide bonds. The highest BCUT2D eigenvalue weighted by Gasteiger charge is 2.35. The summed E-state index contributed by atoms with van der Waals surface area (Å²) in [5.74, 6) is -0.903. The number of benzene rings is 4. The molecular weight excluding hydrogens is 677 g/mol. The lowest BCUT2D eigenvalue weighted by molar-refractivity contribution is 0.0579. The first-order valence-electron chi connectivity index (χ1n) is 20.1. The highest BCUT2D eigenvalue weighted by atomic mass is 16.2. The van der Waals surface area contributed by atoms with Gasteiger partial charge >= 0.3 is 0 Å². The van der Waals surface area contributed by atoms with Gasteiger partial charge in [0.25, 0.3) is 23.6 Å². The molecular formula is C44H52N6O4. The summed E-state index contributed by atoms with van der Waals surface area (Å²) >= 11 is 0. The van der Waals surface area contributed by atoms with Crippen LogP contribution in [0.3, 0.4) is 0 Å². The highest BCUT2D eigenvalue weighted by Crippen LogP contribution is 2.38. The molecule has 4 aliphatic heterocycles. The summed E-state index contributed by atoms with van der Waals surface area (Å²) in [5, 5.41) is 6.98. The fourth-order valence-electron chi connectivity index (χ4n) is 9.07. The van der Waals surface area contributed by atoms with Crippen molar-refractivity contribution in [1.29, 1.82) is 0 Å². The van der Waals surface area contributed by atoms with Gasteiger partial charge in [-0.05, 0) is 108 Å². The Labute approximate surface area is 318 Å². The number of hydrogen-bond donors (Lipinski definition) is 1. The third-order valence-electron chi connectivity index (χ3n) is 12.0. The van der Waals surface area contributed by atoms with E-state index in [-0.39, 0.29) is 29.7 Å². The van der Waals surface area contributed by atoms with Gasteiger partial charge in [-0.2, -0.15) is 0 Å². The molecule has 10 nitrogen and oxygen atoms in total. The molecule has 4 aliphatic rings. The van der Waals surface area contributed by atoms with Gasteiger partial charge in [0.15, 0.2) is 0 Å². The topological polar surface area (TPSA) is 96.5 Å². The van der Waals surface area contributed by atoms with Gasteiger partial charge in [-0.25, -0.2) is 0 Å². The molecule has 0 bridgehead atoms. The molecule has 0 atom stereocenters. The van der Waals surface area contributed by atoms with E-state index in [1.54, 1.807) is 0 Å². The zero-order valence-electron chi connectivity index (χ0n) is 31.7. The van der Waals surface area contributed by atoms with Crippen molar-refractivity contribution in [2.24, 2.45) is 0 Å². The second-order valence-electron chi connectivity index (χ2n) is 15.6. The van der Waals surface area contributed by atoms with E-state index >= 15 is 0 Å². The number of amides is 4. The number of carbonyl (C=O) groups excluding carboxylic acids is 4. The first kappa shape index (κ1) is 36.2. The van der Waals surface area contributed by atoms with E-state index < -0.39 is 0 Å². The molecule has 2 fully saturated rings. The van der Waals surface area contributed by atoms with Gasteiger partial charge in [-0.15, -0.1) is 0 Å². The number of carbonyl (C=O) groups is 4. The van der Waals surface area contributed by atoms with Crippen molar-refractivity contribution in [1.82, 2.24) is 20.0 Å². The van der Waals surface area contributed by atoms with E-state index in [9.17, 15) is 19.2 Å². The summed E-state index contributed by atoms with van der Waals surface area (Å²) in [4.78, 5) is 64.8. The fourth-order valence-corrected chi connectivity index (χ4v) is 9.07. The standard InChI is InChI=1S/C44H52N6O4/c1-30(2)46(28-29-50-42(52)34-15-10-13-32-38(48-24-7-4-8-25-48)19-17-36(40(32)34)44(50)54)26-11-20-45-21-27-49-41(51)33-14-9-12-31-37(47-22-5-3-6-23-47)18-16-35(39(31)33)43(49)53/h9-10,12-19,30,45H,3-8,11,20-29H2,1-2H3. The Balaban J connectivity index is 0.848. The van der Waals surface area contributed by atoms with Crippen LogP contribution < -0.4 is 15.1 Å². The summed E-state index contributed by atoms with van der Waals surface area (Å²) in [7, 11) is 0. The van der Waals surface area contributed by atoms with Crippen LogP contribution in [0.15, 0.2) is 60.7 Å². The Morgan fingerprint density at radius 3 is 1.50 bits per heavy atom. The lowest BCUT2D eigenvalue weighted by atomic mass is 9.92.